The van der Waals surface area contributed by atoms with Crippen LogP contribution in [0.1, 0.15) is 31.5 Å². The molecular weight excluding hydrogens is 269 g/mol. The van der Waals surface area contributed by atoms with Gasteiger partial charge in [-0.3, -0.25) is 5.32 Å². The molecule has 0 bridgehead atoms. The Morgan fingerprint density at radius 2 is 1.89 bits per heavy atom. The summed E-state index contributed by atoms with van der Waals surface area (Å²) in [6.07, 6.45) is -5.31. The number of anilines is 1. The second-order valence-electron chi connectivity index (χ2n) is 4.56. The number of aryl methyl sites for hydroxylation is 1. The minimum atomic E-state index is -4.51. The van der Waals surface area contributed by atoms with Gasteiger partial charge in [-0.05, 0) is 27.7 Å². The maximum atomic E-state index is 12.4. The summed E-state index contributed by atoms with van der Waals surface area (Å²) in [5, 5.41) is 1.30. The van der Waals surface area contributed by atoms with Crippen molar-refractivity contribution < 1.29 is 22.7 Å². The van der Waals surface area contributed by atoms with E-state index in [1.54, 1.807) is 20.8 Å². The molecule has 0 aromatic carbocycles. The molecule has 0 aliphatic heterocycles. The first-order valence-corrected chi connectivity index (χ1v) is 5.85. The molecule has 4 nitrogen and oxygen atoms in total. The molecule has 1 rings (SSSR count). The minimum absolute atomic E-state index is 0.0385. The van der Waals surface area contributed by atoms with Crippen molar-refractivity contribution in [2.75, 3.05) is 5.32 Å². The number of carbonyl (C=O) groups is 1. The van der Waals surface area contributed by atoms with Crippen LogP contribution in [0.15, 0.2) is 0 Å². The first-order valence-electron chi connectivity index (χ1n) is 5.03. The van der Waals surface area contributed by atoms with Crippen molar-refractivity contribution in [1.82, 2.24) is 4.98 Å². The molecule has 8 heteroatoms. The Balaban J connectivity index is 2.80. The third kappa shape index (κ3) is 4.17. The van der Waals surface area contributed by atoms with Gasteiger partial charge in [0.25, 0.3) is 0 Å². The van der Waals surface area contributed by atoms with E-state index in [9.17, 15) is 18.0 Å². The molecule has 0 atom stereocenters. The van der Waals surface area contributed by atoms with Crippen molar-refractivity contribution in [3.63, 3.8) is 0 Å². The highest BCUT2D eigenvalue weighted by atomic mass is 32.1. The highest BCUT2D eigenvalue weighted by Crippen LogP contribution is 2.36. The molecule has 0 aliphatic carbocycles. The predicted molar refractivity (Wildman–Crippen MR) is 61.7 cm³/mol. The van der Waals surface area contributed by atoms with Crippen LogP contribution in [0.3, 0.4) is 0 Å². The summed E-state index contributed by atoms with van der Waals surface area (Å²) in [6.45, 7) is 6.37. The average Bonchev–Trinajstić information content (AvgIpc) is 2.43. The van der Waals surface area contributed by atoms with Gasteiger partial charge in [-0.25, -0.2) is 9.78 Å². The molecule has 1 heterocycles. The number of amides is 1. The van der Waals surface area contributed by atoms with Crippen molar-refractivity contribution in [2.45, 2.75) is 39.5 Å². The molecule has 1 N–H and O–H groups in total. The SMILES string of the molecule is Cc1nc(C(F)(F)F)sc1NC(=O)OC(C)(C)C. The van der Waals surface area contributed by atoms with Crippen molar-refractivity contribution in [3.8, 4) is 0 Å². The summed E-state index contributed by atoms with van der Waals surface area (Å²) in [6, 6.07) is 0. The zero-order valence-corrected chi connectivity index (χ0v) is 11.1. The number of alkyl halides is 3. The molecule has 1 aromatic heterocycles. The van der Waals surface area contributed by atoms with Crippen LogP contribution < -0.4 is 5.32 Å². The number of ether oxygens (including phenoxy) is 1. The van der Waals surface area contributed by atoms with E-state index >= 15 is 0 Å². The van der Waals surface area contributed by atoms with Crippen molar-refractivity contribution in [3.05, 3.63) is 10.7 Å². The van der Waals surface area contributed by atoms with E-state index < -0.39 is 22.9 Å². The van der Waals surface area contributed by atoms with Gasteiger partial charge in [-0.1, -0.05) is 11.3 Å². The van der Waals surface area contributed by atoms with Gasteiger partial charge < -0.3 is 4.74 Å². The maximum Gasteiger partial charge on any atom is 0.443 e. The van der Waals surface area contributed by atoms with Gasteiger partial charge in [-0.15, -0.1) is 0 Å². The third-order valence-electron chi connectivity index (χ3n) is 1.65. The Hall–Kier alpha value is -1.31. The van der Waals surface area contributed by atoms with E-state index in [4.69, 9.17) is 4.74 Å². The largest absolute Gasteiger partial charge is 0.444 e. The number of rotatable bonds is 1. The van der Waals surface area contributed by atoms with Crippen LogP contribution >= 0.6 is 11.3 Å². The van der Waals surface area contributed by atoms with Gasteiger partial charge in [0.05, 0.1) is 5.69 Å². The van der Waals surface area contributed by atoms with Crippen LogP contribution in [0.2, 0.25) is 0 Å². The molecule has 0 aliphatic rings. The molecule has 0 spiro atoms. The number of carbonyl (C=O) groups excluding carboxylic acids is 1. The number of thiazole rings is 1. The van der Waals surface area contributed by atoms with Crippen LogP contribution in [-0.2, 0) is 10.9 Å². The fourth-order valence-electron chi connectivity index (χ4n) is 1.03. The second-order valence-corrected chi connectivity index (χ2v) is 5.56. The Kier molecular flexibility index (Phi) is 3.89. The summed E-state index contributed by atoms with van der Waals surface area (Å²) in [5.41, 5.74) is -0.603. The van der Waals surface area contributed by atoms with Crippen molar-refractivity contribution in [1.29, 1.82) is 0 Å². The maximum absolute atomic E-state index is 12.4. The van der Waals surface area contributed by atoms with Crippen molar-refractivity contribution >= 4 is 22.4 Å². The highest BCUT2D eigenvalue weighted by Gasteiger charge is 2.35. The van der Waals surface area contributed by atoms with E-state index in [0.717, 1.165) is 0 Å². The zero-order chi connectivity index (χ0) is 14.1. The molecule has 0 fully saturated rings. The monoisotopic (exact) mass is 282 g/mol. The van der Waals surface area contributed by atoms with Gasteiger partial charge in [0.15, 0.2) is 5.01 Å². The number of nitrogens with one attached hydrogen (secondary N) is 1. The van der Waals surface area contributed by atoms with Gasteiger partial charge in [0.2, 0.25) is 0 Å². The summed E-state index contributed by atoms with van der Waals surface area (Å²) >= 11 is 0.373. The number of aromatic nitrogens is 1. The fourth-order valence-corrected chi connectivity index (χ4v) is 1.85. The normalized spacial score (nSPS) is 12.4. The molecule has 0 saturated heterocycles. The first-order chi connectivity index (χ1) is 7.99. The standard InChI is InChI=1S/C10H13F3N2O2S/c1-5-6(15-8(16)17-9(2,3)4)18-7(14-5)10(11,12)13/h1-4H3,(H,15,16). The molecule has 0 unspecified atom stereocenters. The Bertz CT molecular complexity index is 449. The molecule has 0 radical (unpaired) electrons. The van der Waals surface area contributed by atoms with Crippen LogP contribution in [0, 0.1) is 6.92 Å². The second kappa shape index (κ2) is 4.75. The molecule has 102 valence electrons. The number of hydrogen-bond donors (Lipinski definition) is 1. The lowest BCUT2D eigenvalue weighted by Gasteiger charge is -2.19. The topological polar surface area (TPSA) is 51.2 Å². The summed E-state index contributed by atoms with van der Waals surface area (Å²) in [7, 11) is 0. The first kappa shape index (κ1) is 14.7. The Morgan fingerprint density at radius 3 is 2.28 bits per heavy atom. The Morgan fingerprint density at radius 1 is 1.33 bits per heavy atom. The number of hydrogen-bond acceptors (Lipinski definition) is 4. The number of nitrogens with zero attached hydrogens (tertiary/aromatic N) is 1. The molecule has 1 aromatic rings. The lowest BCUT2D eigenvalue weighted by Crippen LogP contribution is -2.27. The number of halogens is 3. The van der Waals surface area contributed by atoms with Crippen LogP contribution in [0.25, 0.3) is 0 Å². The minimum Gasteiger partial charge on any atom is -0.444 e. The summed E-state index contributed by atoms with van der Waals surface area (Å²) < 4.78 is 42.1. The van der Waals surface area contributed by atoms with E-state index in [0.29, 0.717) is 11.3 Å². The smallest absolute Gasteiger partial charge is 0.443 e. The van der Waals surface area contributed by atoms with E-state index in [1.165, 1.54) is 6.92 Å². The quantitative estimate of drug-likeness (QED) is 0.852. The summed E-state index contributed by atoms with van der Waals surface area (Å²) in [4.78, 5) is 14.8. The lowest BCUT2D eigenvalue weighted by molar-refractivity contribution is -0.137. The predicted octanol–water partition coefficient (Wildman–Crippen LogP) is 3.82. The van der Waals surface area contributed by atoms with Gasteiger partial charge in [-0.2, -0.15) is 13.2 Å². The van der Waals surface area contributed by atoms with E-state index in [-0.39, 0.29) is 10.7 Å². The third-order valence-corrected chi connectivity index (χ3v) is 2.77. The van der Waals surface area contributed by atoms with Gasteiger partial charge in [0.1, 0.15) is 10.6 Å². The van der Waals surface area contributed by atoms with Crippen LogP contribution in [-0.4, -0.2) is 16.7 Å². The van der Waals surface area contributed by atoms with Crippen LogP contribution in [0.4, 0.5) is 23.0 Å². The average molecular weight is 282 g/mol. The van der Waals surface area contributed by atoms with E-state index in [1.807, 2.05) is 0 Å². The highest BCUT2D eigenvalue weighted by molar-refractivity contribution is 7.16. The molecule has 18 heavy (non-hydrogen) atoms. The van der Waals surface area contributed by atoms with Crippen molar-refractivity contribution in [2.24, 2.45) is 0 Å². The molecule has 1 amide bonds. The fraction of sp³-hybridized carbons (Fsp3) is 0.600. The van der Waals surface area contributed by atoms with Gasteiger partial charge >= 0.3 is 12.3 Å². The van der Waals surface area contributed by atoms with E-state index in [2.05, 4.69) is 10.3 Å². The molecule has 0 saturated carbocycles. The van der Waals surface area contributed by atoms with Gasteiger partial charge in [0, 0.05) is 0 Å². The lowest BCUT2D eigenvalue weighted by atomic mass is 10.2. The van der Waals surface area contributed by atoms with Crippen LogP contribution in [0.5, 0.6) is 0 Å². The summed E-state index contributed by atoms with van der Waals surface area (Å²) in [5.74, 6) is 0. The Labute approximate surface area is 106 Å². The zero-order valence-electron chi connectivity index (χ0n) is 10.3. The molecular formula is C10H13F3N2O2S.